The normalized spacial score (nSPS) is 17.7. The van der Waals surface area contributed by atoms with E-state index in [0.29, 0.717) is 16.3 Å². The molecule has 0 atom stereocenters. The van der Waals surface area contributed by atoms with Crippen molar-refractivity contribution in [2.24, 2.45) is 0 Å². The topological polar surface area (TPSA) is 51.8 Å². The molecular formula is C43H27N3O. The molecule has 0 aliphatic heterocycles. The summed E-state index contributed by atoms with van der Waals surface area (Å²) >= 11 is 0. The Hall–Kier alpha value is -6.39. The zero-order valence-corrected chi connectivity index (χ0v) is 23.7. The van der Waals surface area contributed by atoms with E-state index in [2.05, 4.69) is 15.0 Å². The average molecular weight is 623 g/mol. The highest BCUT2D eigenvalue weighted by atomic mass is 16.3. The molecule has 0 bridgehead atoms. The van der Waals surface area contributed by atoms with Crippen molar-refractivity contribution in [1.29, 1.82) is 0 Å². The highest BCUT2D eigenvalue weighted by molar-refractivity contribution is 6.12. The number of nitrogens with zero attached hydrogens (tertiary/aromatic N) is 3. The summed E-state index contributed by atoms with van der Waals surface area (Å²) in [7, 11) is 0. The first kappa shape index (κ1) is 13.1. The van der Waals surface area contributed by atoms with Gasteiger partial charge in [0.05, 0.1) is 28.8 Å². The van der Waals surface area contributed by atoms with Crippen LogP contribution < -0.4 is 0 Å². The molecule has 0 unspecified atom stereocenters. The average Bonchev–Trinajstić information content (AvgIpc) is 3.73. The monoisotopic (exact) mass is 622 g/mol. The lowest BCUT2D eigenvalue weighted by Crippen LogP contribution is -2.00. The molecule has 0 N–H and O–H groups in total. The fourth-order valence-electron chi connectivity index (χ4n) is 5.12. The Labute approximate surface area is 301 Å². The first-order valence-corrected chi connectivity index (χ1v) is 14.0. The van der Waals surface area contributed by atoms with Crippen molar-refractivity contribution in [3.63, 3.8) is 0 Å². The fraction of sp³-hybridized carbons (Fsp3) is 0. The van der Waals surface area contributed by atoms with Gasteiger partial charge in [0.1, 0.15) is 11.2 Å². The van der Waals surface area contributed by atoms with E-state index < -0.39 is 172 Å². The van der Waals surface area contributed by atoms with Crippen LogP contribution in [0.25, 0.3) is 89.1 Å². The summed E-state index contributed by atoms with van der Waals surface area (Å²) in [4.78, 5) is 13.4. The number of para-hydroxylation sites is 1. The van der Waals surface area contributed by atoms with Crippen LogP contribution in [0.15, 0.2) is 168 Å². The minimum absolute atomic E-state index is 0.0267. The molecule has 4 nitrogen and oxygen atoms in total. The molecule has 0 aliphatic carbocycles. The number of rotatable bonds is 5. The third kappa shape index (κ3) is 4.93. The summed E-state index contributed by atoms with van der Waals surface area (Å²) in [6, 6.07) is -4.74. The van der Waals surface area contributed by atoms with Gasteiger partial charge in [-0.3, -0.25) is 0 Å². The SMILES string of the molecule is [2H]c1c([2H])c([2H])c(-c2ccc3cc(-c4nc(-c5c([2H])c([2H])c([2H])c([2H])c5[2H])nc(-c5c([2H])c([2H])c(-c6c([2H])c([2H])c([2H])c7oc8c([2H])c([2H])c([2H])c([2H])c8c67)c([2H])c5[2H])n4)ccc3c2)c([2H])c1[2H]. The minimum Gasteiger partial charge on any atom is -0.456 e. The molecule has 0 spiro atoms. The summed E-state index contributed by atoms with van der Waals surface area (Å²) in [5.41, 5.74) is -2.54. The molecule has 0 radical (unpaired) electrons. The van der Waals surface area contributed by atoms with Gasteiger partial charge >= 0.3 is 0 Å². The Bertz CT molecular complexity index is 3690. The molecule has 2 heterocycles. The van der Waals surface area contributed by atoms with Crippen molar-refractivity contribution in [2.75, 3.05) is 0 Å². The maximum Gasteiger partial charge on any atom is 0.164 e. The summed E-state index contributed by atoms with van der Waals surface area (Å²) in [6.45, 7) is 0. The number of aromatic nitrogens is 3. The van der Waals surface area contributed by atoms with Gasteiger partial charge in [-0.05, 0) is 57.2 Å². The van der Waals surface area contributed by atoms with Crippen molar-refractivity contribution in [2.45, 2.75) is 0 Å². The smallest absolute Gasteiger partial charge is 0.164 e. The van der Waals surface area contributed by atoms with Crippen molar-refractivity contribution in [3.05, 3.63) is 163 Å². The molecule has 0 fully saturated rings. The molecule has 0 saturated carbocycles. The van der Waals surface area contributed by atoms with E-state index in [1.807, 2.05) is 0 Å². The van der Waals surface area contributed by atoms with E-state index in [4.69, 9.17) is 27.7 Å². The first-order valence-electron chi connectivity index (χ1n) is 24.5. The van der Waals surface area contributed by atoms with Gasteiger partial charge in [0, 0.05) is 27.5 Å². The standard InChI is InChI=1S/C43H27N3O/c1-3-10-28(11-4-1)32-22-23-34-27-35(25-24-33(34)26-32)43-45-41(30-12-5-2-6-13-30)44-42(46-43)31-20-18-29(19-21-31)36-15-9-17-39-40(36)37-14-7-8-16-38(37)47-39/h1-27H/i1D,2D,3D,4D,5D,6D,7D,8D,9D,10D,11D,12D,13D,14D,15D,16D,17D,18D,19D,20D,21D. The molecule has 0 amide bonds. The van der Waals surface area contributed by atoms with Crippen LogP contribution in [0.3, 0.4) is 0 Å². The molecule has 7 aromatic carbocycles. The third-order valence-electron chi connectivity index (χ3n) is 7.29. The Morgan fingerprint density at radius 3 is 1.66 bits per heavy atom. The lowest BCUT2D eigenvalue weighted by Gasteiger charge is -2.10. The lowest BCUT2D eigenvalue weighted by molar-refractivity contribution is 0.669. The van der Waals surface area contributed by atoms with Crippen LogP contribution in [0, 0.1) is 0 Å². The van der Waals surface area contributed by atoms with Crippen LogP contribution >= 0.6 is 0 Å². The summed E-state index contributed by atoms with van der Waals surface area (Å²) in [6.07, 6.45) is 0. The molecule has 9 rings (SSSR count). The second kappa shape index (κ2) is 11.2. The summed E-state index contributed by atoms with van der Waals surface area (Å²) < 4.78 is 186. The Kier molecular flexibility index (Phi) is 3.13. The molecule has 0 aliphatic rings. The van der Waals surface area contributed by atoms with Crippen LogP contribution in [0.2, 0.25) is 0 Å². The van der Waals surface area contributed by atoms with Gasteiger partial charge < -0.3 is 4.42 Å². The van der Waals surface area contributed by atoms with Crippen LogP contribution in [-0.2, 0) is 0 Å². The van der Waals surface area contributed by atoms with Crippen molar-refractivity contribution in [3.8, 4) is 56.4 Å². The molecule has 220 valence electrons. The van der Waals surface area contributed by atoms with E-state index in [9.17, 15) is 5.48 Å². The predicted molar refractivity (Wildman–Crippen MR) is 192 cm³/mol. The summed E-state index contributed by atoms with van der Waals surface area (Å²) in [5.74, 6) is -1.30. The maximum atomic E-state index is 9.30. The third-order valence-corrected chi connectivity index (χ3v) is 7.29. The zero-order chi connectivity index (χ0) is 49.4. The Morgan fingerprint density at radius 1 is 0.404 bits per heavy atom. The fourth-order valence-corrected chi connectivity index (χ4v) is 5.12. The highest BCUT2D eigenvalue weighted by Crippen LogP contribution is 2.37. The van der Waals surface area contributed by atoms with E-state index in [-0.39, 0.29) is 27.7 Å². The van der Waals surface area contributed by atoms with Crippen LogP contribution in [0.1, 0.15) is 28.8 Å². The second-order valence-electron chi connectivity index (χ2n) is 10.1. The van der Waals surface area contributed by atoms with Crippen molar-refractivity contribution >= 4 is 32.7 Å². The first-order chi connectivity index (χ1) is 32.0. The quantitative estimate of drug-likeness (QED) is 0.192. The molecule has 9 aromatic rings. The maximum absolute atomic E-state index is 9.30. The predicted octanol–water partition coefficient (Wildman–Crippen LogP) is 11.3. The molecule has 47 heavy (non-hydrogen) atoms. The largest absolute Gasteiger partial charge is 0.456 e. The number of furan rings is 1. The Morgan fingerprint density at radius 2 is 0.936 bits per heavy atom. The van der Waals surface area contributed by atoms with E-state index in [1.165, 1.54) is 6.07 Å². The minimum atomic E-state index is -0.838. The van der Waals surface area contributed by atoms with Gasteiger partial charge in [-0.15, -0.1) is 0 Å². The van der Waals surface area contributed by atoms with E-state index >= 15 is 0 Å². The lowest BCUT2D eigenvalue weighted by atomic mass is 9.98. The summed E-state index contributed by atoms with van der Waals surface area (Å²) in [5, 5.41) is 0.399. The van der Waals surface area contributed by atoms with Crippen LogP contribution in [0.5, 0.6) is 0 Å². The van der Waals surface area contributed by atoms with Gasteiger partial charge in [-0.1, -0.05) is 139 Å². The highest BCUT2D eigenvalue weighted by Gasteiger charge is 2.15. The van der Waals surface area contributed by atoms with E-state index in [1.54, 1.807) is 30.3 Å². The van der Waals surface area contributed by atoms with Gasteiger partial charge in [0.25, 0.3) is 0 Å². The van der Waals surface area contributed by atoms with Gasteiger partial charge in [0.15, 0.2) is 17.5 Å². The van der Waals surface area contributed by atoms with Gasteiger partial charge in [-0.2, -0.15) is 0 Å². The molecule has 0 saturated heterocycles. The number of benzene rings is 7. The van der Waals surface area contributed by atoms with Gasteiger partial charge in [-0.25, -0.2) is 15.0 Å². The van der Waals surface area contributed by atoms with Crippen LogP contribution in [-0.4, -0.2) is 15.0 Å². The number of fused-ring (bicyclic) bond motifs is 4. The molecular weight excluding hydrogens is 574 g/mol. The Balaban J connectivity index is 1.30. The van der Waals surface area contributed by atoms with E-state index in [0.717, 1.165) is 0 Å². The van der Waals surface area contributed by atoms with Crippen LogP contribution in [0.4, 0.5) is 0 Å². The zero-order valence-electron chi connectivity index (χ0n) is 44.7. The second-order valence-corrected chi connectivity index (χ2v) is 10.1. The van der Waals surface area contributed by atoms with Crippen molar-refractivity contribution in [1.82, 2.24) is 15.0 Å². The number of hydrogen-bond acceptors (Lipinski definition) is 4. The molecule has 2 aromatic heterocycles. The number of hydrogen-bond donors (Lipinski definition) is 0. The molecule has 4 heteroatoms. The van der Waals surface area contributed by atoms with Crippen molar-refractivity contribution < 1.29 is 33.2 Å². The van der Waals surface area contributed by atoms with Gasteiger partial charge in [0.2, 0.25) is 0 Å².